The smallest absolute Gasteiger partial charge is 0.266 e. The fourth-order valence-corrected chi connectivity index (χ4v) is 4.22. The molecule has 7 heteroatoms. The van der Waals surface area contributed by atoms with Gasteiger partial charge >= 0.3 is 0 Å². The van der Waals surface area contributed by atoms with Crippen LogP contribution in [0.4, 0.5) is 10.1 Å². The average Bonchev–Trinajstić information content (AvgIpc) is 3.35. The Kier molecular flexibility index (Phi) is 4.88. The van der Waals surface area contributed by atoms with E-state index in [1.54, 1.807) is 43.6 Å². The predicted molar refractivity (Wildman–Crippen MR) is 121 cm³/mol. The lowest BCUT2D eigenvalue weighted by molar-refractivity contribution is -0.121. The number of rotatable bonds is 3. The monoisotopic (exact) mass is 429 g/mol. The second kappa shape index (κ2) is 7.85. The highest BCUT2D eigenvalue weighted by Crippen LogP contribution is 2.34. The minimum absolute atomic E-state index is 0.157. The molecule has 0 aliphatic carbocycles. The summed E-state index contributed by atoms with van der Waals surface area (Å²) >= 11 is 1.28. The van der Waals surface area contributed by atoms with Crippen LogP contribution in [0.3, 0.4) is 0 Å². The van der Waals surface area contributed by atoms with Crippen molar-refractivity contribution in [3.63, 3.8) is 0 Å². The van der Waals surface area contributed by atoms with Gasteiger partial charge in [-0.2, -0.15) is 0 Å². The second-order valence-corrected chi connectivity index (χ2v) is 7.97. The number of carbonyl (C=O) groups excluding carboxylic acids is 1. The number of nitrogens with zero attached hydrogens (tertiary/aromatic N) is 3. The number of fused-ring (bicyclic) bond motifs is 1. The van der Waals surface area contributed by atoms with E-state index in [2.05, 4.69) is 9.98 Å². The molecule has 31 heavy (non-hydrogen) atoms. The Morgan fingerprint density at radius 3 is 2.87 bits per heavy atom. The van der Waals surface area contributed by atoms with Crippen LogP contribution < -0.4 is 0 Å². The number of aliphatic imine (C=N–C) groups is 1. The molecular weight excluding hydrogens is 413 g/mol. The van der Waals surface area contributed by atoms with Crippen LogP contribution in [0.2, 0.25) is 0 Å². The van der Waals surface area contributed by atoms with E-state index < -0.39 is 0 Å². The highest BCUT2D eigenvalue weighted by Gasteiger charge is 2.30. The van der Waals surface area contributed by atoms with E-state index in [9.17, 15) is 9.18 Å². The van der Waals surface area contributed by atoms with Crippen molar-refractivity contribution in [3.8, 4) is 11.3 Å². The van der Waals surface area contributed by atoms with Crippen LogP contribution in [0.15, 0.2) is 87.2 Å². The van der Waals surface area contributed by atoms with Gasteiger partial charge in [0.05, 0.1) is 16.1 Å². The highest BCUT2D eigenvalue weighted by atomic mass is 32.2. The van der Waals surface area contributed by atoms with Gasteiger partial charge in [-0.25, -0.2) is 9.38 Å². The molecule has 1 fully saturated rings. The molecule has 0 bridgehead atoms. The topological polar surface area (TPSA) is 58.7 Å². The molecule has 0 unspecified atom stereocenters. The van der Waals surface area contributed by atoms with Gasteiger partial charge in [0, 0.05) is 30.3 Å². The molecular formula is C24H16FN3O2S. The van der Waals surface area contributed by atoms with E-state index in [-0.39, 0.29) is 11.7 Å². The Morgan fingerprint density at radius 1 is 1.10 bits per heavy atom. The first-order valence-electron chi connectivity index (χ1n) is 9.54. The number of amidine groups is 1. The highest BCUT2D eigenvalue weighted by molar-refractivity contribution is 8.18. The average molecular weight is 429 g/mol. The molecule has 1 saturated heterocycles. The standard InChI is InChI=1S/C24H16FN3O2S/c1-28-23(29)22(14-19-8-10-21(30-19)16-4-2-6-17(25)12-16)31-24(28)27-18-7-9-20-15(13-18)5-3-11-26-20/h2-14H,1H3/b22-14-,27-24?. The van der Waals surface area contributed by atoms with Crippen molar-refractivity contribution in [1.29, 1.82) is 0 Å². The summed E-state index contributed by atoms with van der Waals surface area (Å²) in [6, 6.07) is 19.3. The number of benzene rings is 2. The lowest BCUT2D eigenvalue weighted by Crippen LogP contribution is -2.23. The summed E-state index contributed by atoms with van der Waals surface area (Å²) in [5.74, 6) is 0.563. The Balaban J connectivity index is 1.42. The van der Waals surface area contributed by atoms with Gasteiger partial charge in [0.2, 0.25) is 0 Å². The van der Waals surface area contributed by atoms with Crippen molar-refractivity contribution in [1.82, 2.24) is 9.88 Å². The lowest BCUT2D eigenvalue weighted by Gasteiger charge is -2.07. The summed E-state index contributed by atoms with van der Waals surface area (Å²) in [4.78, 5) is 23.7. The number of hydrogen-bond acceptors (Lipinski definition) is 5. The fraction of sp³-hybridized carbons (Fsp3) is 0.0417. The SMILES string of the molecule is CN1C(=O)/C(=C/c2ccc(-c3cccc(F)c3)o2)SC1=Nc1ccc2ncccc2c1. The Labute approximate surface area is 181 Å². The Bertz CT molecular complexity index is 1380. The minimum atomic E-state index is -0.331. The lowest BCUT2D eigenvalue weighted by atomic mass is 10.2. The minimum Gasteiger partial charge on any atom is -0.457 e. The molecule has 0 saturated carbocycles. The molecule has 5 rings (SSSR count). The van der Waals surface area contributed by atoms with Crippen molar-refractivity contribution in [2.75, 3.05) is 7.05 Å². The molecule has 0 N–H and O–H groups in total. The molecule has 1 aliphatic rings. The van der Waals surface area contributed by atoms with Gasteiger partial charge in [-0.05, 0) is 60.3 Å². The number of halogens is 1. The van der Waals surface area contributed by atoms with Crippen molar-refractivity contribution in [2.24, 2.45) is 4.99 Å². The number of aromatic nitrogens is 1. The number of pyridine rings is 1. The third-order valence-corrected chi connectivity index (χ3v) is 5.88. The number of hydrogen-bond donors (Lipinski definition) is 0. The molecule has 0 radical (unpaired) electrons. The van der Waals surface area contributed by atoms with E-state index in [0.717, 1.165) is 16.6 Å². The van der Waals surface area contributed by atoms with Gasteiger partial charge in [-0.1, -0.05) is 18.2 Å². The zero-order valence-electron chi connectivity index (χ0n) is 16.4. The first-order valence-corrected chi connectivity index (χ1v) is 10.4. The number of amides is 1. The van der Waals surface area contributed by atoms with Crippen LogP contribution in [0, 0.1) is 5.82 Å². The van der Waals surface area contributed by atoms with Gasteiger partial charge < -0.3 is 4.42 Å². The molecule has 0 spiro atoms. The van der Waals surface area contributed by atoms with Crippen LogP contribution in [-0.4, -0.2) is 28.0 Å². The van der Waals surface area contributed by atoms with Gasteiger partial charge in [-0.3, -0.25) is 14.7 Å². The van der Waals surface area contributed by atoms with Crippen molar-refractivity contribution >= 4 is 45.5 Å². The number of carbonyl (C=O) groups is 1. The van der Waals surface area contributed by atoms with E-state index in [0.29, 0.717) is 27.2 Å². The molecule has 1 amide bonds. The molecule has 0 atom stereocenters. The van der Waals surface area contributed by atoms with Crippen LogP contribution in [0.1, 0.15) is 5.76 Å². The molecule has 4 aromatic rings. The van der Waals surface area contributed by atoms with Gasteiger partial charge in [-0.15, -0.1) is 0 Å². The first kappa shape index (κ1) is 19.3. The molecule has 2 aromatic carbocycles. The summed E-state index contributed by atoms with van der Waals surface area (Å²) in [6.07, 6.45) is 3.43. The van der Waals surface area contributed by atoms with E-state index in [4.69, 9.17) is 4.42 Å². The van der Waals surface area contributed by atoms with Crippen LogP contribution in [-0.2, 0) is 4.79 Å². The van der Waals surface area contributed by atoms with Crippen LogP contribution in [0.5, 0.6) is 0 Å². The summed E-state index contributed by atoms with van der Waals surface area (Å²) in [7, 11) is 1.69. The third kappa shape index (κ3) is 3.87. The van der Waals surface area contributed by atoms with E-state index in [1.807, 2.05) is 30.3 Å². The fourth-order valence-electron chi connectivity index (χ4n) is 3.25. The summed E-state index contributed by atoms with van der Waals surface area (Å²) in [5.41, 5.74) is 2.28. The number of thioether (sulfide) groups is 1. The molecule has 3 heterocycles. The summed E-state index contributed by atoms with van der Waals surface area (Å²) in [6.45, 7) is 0. The zero-order chi connectivity index (χ0) is 21.4. The number of likely N-dealkylation sites (N-methyl/N-ethyl adjacent to an activating group) is 1. The van der Waals surface area contributed by atoms with E-state index in [1.165, 1.54) is 28.8 Å². The maximum atomic E-state index is 13.5. The Morgan fingerprint density at radius 2 is 2.00 bits per heavy atom. The second-order valence-electron chi connectivity index (χ2n) is 6.96. The van der Waals surface area contributed by atoms with Crippen LogP contribution in [0.25, 0.3) is 28.3 Å². The normalized spacial score (nSPS) is 16.7. The quantitative estimate of drug-likeness (QED) is 0.382. The summed E-state index contributed by atoms with van der Waals surface area (Å²) < 4.78 is 19.3. The van der Waals surface area contributed by atoms with Crippen molar-refractivity contribution < 1.29 is 13.6 Å². The van der Waals surface area contributed by atoms with Gasteiger partial charge in [0.1, 0.15) is 17.3 Å². The largest absolute Gasteiger partial charge is 0.457 e. The number of furan rings is 1. The van der Waals surface area contributed by atoms with Crippen molar-refractivity contribution in [2.45, 2.75) is 0 Å². The molecule has 2 aromatic heterocycles. The maximum absolute atomic E-state index is 13.5. The molecule has 152 valence electrons. The molecule has 1 aliphatic heterocycles. The van der Waals surface area contributed by atoms with Crippen molar-refractivity contribution in [3.05, 3.63) is 89.4 Å². The van der Waals surface area contributed by atoms with Gasteiger partial charge in [0.15, 0.2) is 5.17 Å². The maximum Gasteiger partial charge on any atom is 0.266 e. The van der Waals surface area contributed by atoms with E-state index >= 15 is 0 Å². The first-order chi connectivity index (χ1) is 15.1. The third-order valence-electron chi connectivity index (χ3n) is 4.82. The van der Waals surface area contributed by atoms with Crippen LogP contribution >= 0.6 is 11.8 Å². The zero-order valence-corrected chi connectivity index (χ0v) is 17.3. The molecule has 5 nitrogen and oxygen atoms in total. The Hall–Kier alpha value is -3.71. The summed E-state index contributed by atoms with van der Waals surface area (Å²) in [5, 5.41) is 1.56. The predicted octanol–water partition coefficient (Wildman–Crippen LogP) is 5.87. The van der Waals surface area contributed by atoms with Gasteiger partial charge in [0.25, 0.3) is 5.91 Å².